The fourth-order valence-corrected chi connectivity index (χ4v) is 4.36. The maximum atomic E-state index is 13.5. The van der Waals surface area contributed by atoms with Gasteiger partial charge in [0.2, 0.25) is 4.96 Å². The Hall–Kier alpha value is -1.90. The first kappa shape index (κ1) is 14.7. The molecule has 9 heteroatoms. The zero-order valence-corrected chi connectivity index (χ0v) is 14.4. The van der Waals surface area contributed by atoms with E-state index in [0.717, 1.165) is 20.6 Å². The van der Waals surface area contributed by atoms with Gasteiger partial charge in [0.1, 0.15) is 5.82 Å². The lowest BCUT2D eigenvalue weighted by Crippen LogP contribution is -1.92. The fourth-order valence-electron chi connectivity index (χ4n) is 2.28. The van der Waals surface area contributed by atoms with E-state index >= 15 is 0 Å². The van der Waals surface area contributed by atoms with Crippen molar-refractivity contribution in [2.45, 2.75) is 13.8 Å². The third-order valence-corrected chi connectivity index (χ3v) is 5.71. The van der Waals surface area contributed by atoms with Crippen LogP contribution in [-0.2, 0) is 0 Å². The monoisotopic (exact) mass is 365 g/mol. The van der Waals surface area contributed by atoms with Gasteiger partial charge in [-0.05, 0) is 32.0 Å². The molecule has 4 aromatic rings. The van der Waals surface area contributed by atoms with E-state index in [9.17, 15) is 4.39 Å². The molecule has 23 heavy (non-hydrogen) atoms. The molecule has 0 aliphatic carbocycles. The molecule has 0 radical (unpaired) electrons. The molecule has 3 heterocycles. The molecular weight excluding hydrogens is 357 g/mol. The number of fused-ring (bicyclic) bond motifs is 1. The molecule has 0 saturated carbocycles. The molecule has 5 nitrogen and oxygen atoms in total. The van der Waals surface area contributed by atoms with Gasteiger partial charge in [-0.2, -0.15) is 9.61 Å². The van der Waals surface area contributed by atoms with Crippen LogP contribution in [0.25, 0.3) is 26.2 Å². The third-order valence-electron chi connectivity index (χ3n) is 3.26. The second kappa shape index (κ2) is 5.33. The molecule has 0 amide bonds. The predicted molar refractivity (Wildman–Crippen MR) is 89.6 cm³/mol. The van der Waals surface area contributed by atoms with Gasteiger partial charge in [-0.15, -0.1) is 21.5 Å². The first-order valence-corrected chi connectivity index (χ1v) is 8.66. The van der Waals surface area contributed by atoms with Crippen LogP contribution in [0.5, 0.6) is 0 Å². The first-order valence-electron chi connectivity index (χ1n) is 6.65. The quantitative estimate of drug-likeness (QED) is 0.528. The smallest absolute Gasteiger partial charge is 0.235 e. The van der Waals surface area contributed by atoms with E-state index in [1.54, 1.807) is 15.9 Å². The summed E-state index contributed by atoms with van der Waals surface area (Å²) >= 11 is 9.16. The van der Waals surface area contributed by atoms with Crippen molar-refractivity contribution >= 4 is 39.2 Å². The highest BCUT2D eigenvalue weighted by molar-refractivity contribution is 7.24. The van der Waals surface area contributed by atoms with E-state index in [-0.39, 0.29) is 5.82 Å². The Labute approximate surface area is 143 Å². The molecule has 0 aliphatic rings. The van der Waals surface area contributed by atoms with Crippen LogP contribution in [0, 0.1) is 19.7 Å². The van der Waals surface area contributed by atoms with Gasteiger partial charge in [0.15, 0.2) is 10.8 Å². The average Bonchev–Trinajstić information content (AvgIpc) is 3.15. The summed E-state index contributed by atoms with van der Waals surface area (Å²) in [5, 5.41) is 15.0. The van der Waals surface area contributed by atoms with Gasteiger partial charge in [-0.25, -0.2) is 9.37 Å². The van der Waals surface area contributed by atoms with Crippen molar-refractivity contribution in [2.75, 3.05) is 0 Å². The van der Waals surface area contributed by atoms with Gasteiger partial charge in [0, 0.05) is 5.56 Å². The van der Waals surface area contributed by atoms with E-state index in [1.165, 1.54) is 29.5 Å². The number of halogens is 2. The lowest BCUT2D eigenvalue weighted by Gasteiger charge is -2.00. The Bertz CT molecular complexity index is 1040. The maximum Gasteiger partial charge on any atom is 0.235 e. The number of rotatable bonds is 2. The predicted octanol–water partition coefficient (Wildman–Crippen LogP) is 4.39. The molecule has 0 spiro atoms. The van der Waals surface area contributed by atoms with Crippen LogP contribution in [0.3, 0.4) is 0 Å². The van der Waals surface area contributed by atoms with Gasteiger partial charge < -0.3 is 0 Å². The summed E-state index contributed by atoms with van der Waals surface area (Å²) in [5.74, 6) is 0.0384. The number of benzene rings is 1. The minimum Gasteiger partial charge on any atom is -0.246 e. The van der Waals surface area contributed by atoms with Crippen molar-refractivity contribution < 1.29 is 4.39 Å². The van der Waals surface area contributed by atoms with Crippen LogP contribution in [0.1, 0.15) is 10.7 Å². The summed E-state index contributed by atoms with van der Waals surface area (Å²) in [6, 6.07) is 4.14. The fraction of sp³-hybridized carbons (Fsp3) is 0.143. The SMILES string of the molecule is Cc1nc(C)c(-c2nn3c(-c4cc(F)ccc4Cl)nnc3s2)s1. The third kappa shape index (κ3) is 2.43. The molecule has 0 saturated heterocycles. The highest BCUT2D eigenvalue weighted by Gasteiger charge is 2.19. The van der Waals surface area contributed by atoms with E-state index in [1.807, 2.05) is 13.8 Å². The van der Waals surface area contributed by atoms with Gasteiger partial charge >= 0.3 is 0 Å². The summed E-state index contributed by atoms with van der Waals surface area (Å²) in [6.45, 7) is 3.91. The molecule has 0 N–H and O–H groups in total. The van der Waals surface area contributed by atoms with Crippen molar-refractivity contribution in [3.63, 3.8) is 0 Å². The molecule has 116 valence electrons. The van der Waals surface area contributed by atoms with Crippen LogP contribution >= 0.6 is 34.3 Å². The van der Waals surface area contributed by atoms with E-state index in [0.29, 0.717) is 21.4 Å². The highest BCUT2D eigenvalue weighted by atomic mass is 35.5. The first-order chi connectivity index (χ1) is 11.0. The van der Waals surface area contributed by atoms with Gasteiger partial charge in [0.25, 0.3) is 0 Å². The van der Waals surface area contributed by atoms with Crippen molar-refractivity contribution in [1.82, 2.24) is 24.8 Å². The van der Waals surface area contributed by atoms with Crippen LogP contribution in [0.15, 0.2) is 18.2 Å². The number of hydrogen-bond acceptors (Lipinski definition) is 6. The summed E-state index contributed by atoms with van der Waals surface area (Å²) in [7, 11) is 0. The second-order valence-corrected chi connectivity index (χ2v) is 7.46. The second-order valence-electron chi connectivity index (χ2n) is 4.90. The molecule has 0 bridgehead atoms. The molecule has 3 aromatic heterocycles. The normalized spacial score (nSPS) is 11.5. The minimum absolute atomic E-state index is 0.384. The number of aromatic nitrogens is 5. The summed E-state index contributed by atoms with van der Waals surface area (Å²) in [4.78, 5) is 6.05. The Morgan fingerprint density at radius 1 is 1.17 bits per heavy atom. The van der Waals surface area contributed by atoms with Crippen LogP contribution in [-0.4, -0.2) is 24.8 Å². The molecular formula is C14H9ClFN5S2. The molecule has 0 aliphatic heterocycles. The van der Waals surface area contributed by atoms with E-state index in [2.05, 4.69) is 20.3 Å². The van der Waals surface area contributed by atoms with Crippen molar-refractivity contribution in [3.8, 4) is 21.3 Å². The van der Waals surface area contributed by atoms with Crippen LogP contribution < -0.4 is 0 Å². The Morgan fingerprint density at radius 3 is 2.74 bits per heavy atom. The minimum atomic E-state index is -0.384. The summed E-state index contributed by atoms with van der Waals surface area (Å²) < 4.78 is 15.1. The van der Waals surface area contributed by atoms with E-state index < -0.39 is 0 Å². The number of nitrogens with zero attached hydrogens (tertiary/aromatic N) is 5. The van der Waals surface area contributed by atoms with Crippen molar-refractivity contribution in [2.24, 2.45) is 0 Å². The zero-order chi connectivity index (χ0) is 16.1. The highest BCUT2D eigenvalue weighted by Crippen LogP contribution is 2.35. The van der Waals surface area contributed by atoms with Gasteiger partial charge in [0.05, 0.1) is 20.6 Å². The lowest BCUT2D eigenvalue weighted by molar-refractivity contribution is 0.628. The largest absolute Gasteiger partial charge is 0.246 e. The van der Waals surface area contributed by atoms with E-state index in [4.69, 9.17) is 11.6 Å². The molecule has 0 fully saturated rings. The standard InChI is InChI=1S/C14H9ClFN5S2/c1-6-11(22-7(2)17-6)13-20-21-12(18-19-14(21)23-13)9-5-8(16)3-4-10(9)15/h3-5H,1-2H3. The average molecular weight is 366 g/mol. The van der Waals surface area contributed by atoms with Crippen LogP contribution in [0.4, 0.5) is 4.39 Å². The molecule has 0 atom stereocenters. The van der Waals surface area contributed by atoms with Gasteiger partial charge in [-0.1, -0.05) is 22.9 Å². The van der Waals surface area contributed by atoms with Gasteiger partial charge in [-0.3, -0.25) is 0 Å². The topological polar surface area (TPSA) is 56.0 Å². The number of hydrogen-bond donors (Lipinski definition) is 0. The van der Waals surface area contributed by atoms with Crippen molar-refractivity contribution in [3.05, 3.63) is 39.7 Å². The molecule has 4 rings (SSSR count). The Balaban J connectivity index is 1.90. The summed E-state index contributed by atoms with van der Waals surface area (Å²) in [6.07, 6.45) is 0. The number of thiazole rings is 1. The lowest BCUT2D eigenvalue weighted by atomic mass is 10.2. The molecule has 1 aromatic carbocycles. The number of aryl methyl sites for hydroxylation is 2. The van der Waals surface area contributed by atoms with Crippen LogP contribution in [0.2, 0.25) is 5.02 Å². The summed E-state index contributed by atoms with van der Waals surface area (Å²) in [5.41, 5.74) is 1.40. The molecule has 0 unspecified atom stereocenters. The Morgan fingerprint density at radius 2 is 2.00 bits per heavy atom. The maximum absolute atomic E-state index is 13.5. The zero-order valence-electron chi connectivity index (χ0n) is 12.0. The Kier molecular flexibility index (Phi) is 3.40. The van der Waals surface area contributed by atoms with Crippen molar-refractivity contribution in [1.29, 1.82) is 0 Å².